The molecule has 5 N–H and O–H groups in total. The van der Waals surface area contributed by atoms with E-state index in [0.29, 0.717) is 0 Å². The zero-order chi connectivity index (χ0) is 14.6. The number of hydrogen-bond donors (Lipinski definition) is 3. The maximum atomic E-state index is 12.4. The van der Waals surface area contributed by atoms with E-state index in [0.717, 1.165) is 18.2 Å². The Morgan fingerprint density at radius 1 is 1.16 bits per heavy atom. The minimum Gasteiger partial charge on any atom is -0.364 e. The van der Waals surface area contributed by atoms with Crippen LogP contribution in [0.3, 0.4) is 0 Å². The SMILES string of the molecule is NC(=O)C(=NNc1cccc(C(F)(F)F)c1)C(N)=O. The number of amides is 2. The van der Waals surface area contributed by atoms with Gasteiger partial charge in [-0.3, -0.25) is 15.0 Å². The zero-order valence-corrected chi connectivity index (χ0v) is 9.36. The first-order valence-electron chi connectivity index (χ1n) is 4.82. The van der Waals surface area contributed by atoms with Gasteiger partial charge in [0.25, 0.3) is 11.8 Å². The lowest BCUT2D eigenvalue weighted by molar-refractivity contribution is -0.137. The lowest BCUT2D eigenvalue weighted by atomic mass is 10.2. The maximum absolute atomic E-state index is 12.4. The van der Waals surface area contributed by atoms with Crippen molar-refractivity contribution in [1.29, 1.82) is 0 Å². The number of halogens is 3. The highest BCUT2D eigenvalue weighted by molar-refractivity contribution is 6.64. The highest BCUT2D eigenvalue weighted by Crippen LogP contribution is 2.30. The van der Waals surface area contributed by atoms with Gasteiger partial charge in [0.15, 0.2) is 0 Å². The smallest absolute Gasteiger partial charge is 0.364 e. The second-order valence-corrected chi connectivity index (χ2v) is 3.38. The van der Waals surface area contributed by atoms with Crippen LogP contribution in [-0.2, 0) is 15.8 Å². The largest absolute Gasteiger partial charge is 0.416 e. The average Bonchev–Trinajstić information content (AvgIpc) is 2.27. The van der Waals surface area contributed by atoms with Gasteiger partial charge in [-0.05, 0) is 18.2 Å². The van der Waals surface area contributed by atoms with Crippen LogP contribution in [0.4, 0.5) is 18.9 Å². The fourth-order valence-electron chi connectivity index (χ4n) is 1.12. The van der Waals surface area contributed by atoms with E-state index in [1.54, 1.807) is 0 Å². The first kappa shape index (κ1) is 14.5. The second kappa shape index (κ2) is 5.38. The van der Waals surface area contributed by atoms with E-state index < -0.39 is 29.3 Å². The standard InChI is InChI=1S/C10H9F3N4O2/c11-10(12,13)5-2-1-3-6(4-5)16-17-7(8(14)18)9(15)19/h1-4,16H,(H2,14,18)(H2,15,19). The van der Waals surface area contributed by atoms with Crippen LogP contribution in [-0.4, -0.2) is 17.5 Å². The summed E-state index contributed by atoms with van der Waals surface area (Å²) >= 11 is 0. The molecule has 1 aromatic rings. The number of nitrogens with two attached hydrogens (primary N) is 2. The van der Waals surface area contributed by atoms with Crippen molar-refractivity contribution in [2.45, 2.75) is 6.18 Å². The molecule has 0 fully saturated rings. The van der Waals surface area contributed by atoms with Crippen LogP contribution in [0.15, 0.2) is 29.4 Å². The molecule has 6 nitrogen and oxygen atoms in total. The fraction of sp³-hybridized carbons (Fsp3) is 0.100. The summed E-state index contributed by atoms with van der Waals surface area (Å²) in [5, 5.41) is 3.27. The fourth-order valence-corrected chi connectivity index (χ4v) is 1.12. The van der Waals surface area contributed by atoms with Gasteiger partial charge in [-0.2, -0.15) is 18.3 Å². The lowest BCUT2D eigenvalue weighted by Crippen LogP contribution is -2.36. The minimum absolute atomic E-state index is 0.0742. The van der Waals surface area contributed by atoms with Crippen molar-refractivity contribution in [3.63, 3.8) is 0 Å². The van der Waals surface area contributed by atoms with Gasteiger partial charge in [0.1, 0.15) is 0 Å². The molecule has 0 saturated carbocycles. The lowest BCUT2D eigenvalue weighted by Gasteiger charge is -2.08. The van der Waals surface area contributed by atoms with Gasteiger partial charge in [-0.15, -0.1) is 0 Å². The Labute approximate surface area is 105 Å². The van der Waals surface area contributed by atoms with Crippen LogP contribution in [0.2, 0.25) is 0 Å². The zero-order valence-electron chi connectivity index (χ0n) is 9.36. The Morgan fingerprint density at radius 2 is 1.74 bits per heavy atom. The van der Waals surface area contributed by atoms with Crippen molar-refractivity contribution in [1.82, 2.24) is 0 Å². The summed E-state index contributed by atoms with van der Waals surface area (Å²) in [6.07, 6.45) is -4.52. The first-order chi connectivity index (χ1) is 8.71. The molecule has 0 spiro atoms. The molecule has 0 aromatic heterocycles. The summed E-state index contributed by atoms with van der Waals surface area (Å²) in [5.41, 5.74) is 9.95. The second-order valence-electron chi connectivity index (χ2n) is 3.38. The number of carbonyl (C=O) groups is 2. The van der Waals surface area contributed by atoms with Crippen LogP contribution >= 0.6 is 0 Å². The number of anilines is 1. The van der Waals surface area contributed by atoms with E-state index in [-0.39, 0.29) is 5.69 Å². The molecule has 19 heavy (non-hydrogen) atoms. The van der Waals surface area contributed by atoms with E-state index in [1.165, 1.54) is 6.07 Å². The molecule has 0 saturated heterocycles. The Morgan fingerprint density at radius 3 is 2.21 bits per heavy atom. The highest BCUT2D eigenvalue weighted by Gasteiger charge is 2.30. The van der Waals surface area contributed by atoms with Crippen LogP contribution in [0.25, 0.3) is 0 Å². The van der Waals surface area contributed by atoms with Crippen molar-refractivity contribution >= 4 is 23.2 Å². The Bertz CT molecular complexity index is 524. The topological polar surface area (TPSA) is 111 Å². The van der Waals surface area contributed by atoms with Gasteiger partial charge in [-0.25, -0.2) is 0 Å². The molecule has 9 heteroatoms. The van der Waals surface area contributed by atoms with Gasteiger partial charge in [0, 0.05) is 0 Å². The van der Waals surface area contributed by atoms with Gasteiger partial charge in [0.2, 0.25) is 5.71 Å². The van der Waals surface area contributed by atoms with Crippen molar-refractivity contribution in [3.05, 3.63) is 29.8 Å². The number of rotatable bonds is 4. The summed E-state index contributed by atoms with van der Waals surface area (Å²) in [5.74, 6) is -2.38. The van der Waals surface area contributed by atoms with Gasteiger partial charge < -0.3 is 11.5 Å². The summed E-state index contributed by atoms with van der Waals surface area (Å²) in [7, 11) is 0. The number of nitrogens with zero attached hydrogens (tertiary/aromatic N) is 1. The van der Waals surface area contributed by atoms with Gasteiger partial charge in [0.05, 0.1) is 11.3 Å². The van der Waals surface area contributed by atoms with Gasteiger partial charge in [-0.1, -0.05) is 6.07 Å². The summed E-state index contributed by atoms with van der Waals surface area (Å²) in [6.45, 7) is 0. The molecule has 1 aromatic carbocycles. The molecule has 0 aliphatic rings. The third-order valence-corrected chi connectivity index (χ3v) is 1.95. The molecule has 0 aliphatic carbocycles. The number of carbonyl (C=O) groups excluding carboxylic acids is 2. The van der Waals surface area contributed by atoms with Crippen molar-refractivity contribution in [3.8, 4) is 0 Å². The van der Waals surface area contributed by atoms with Crippen LogP contribution in [0, 0.1) is 0 Å². The average molecular weight is 274 g/mol. The number of alkyl halides is 3. The molecule has 2 amide bonds. The number of hydrazone groups is 1. The van der Waals surface area contributed by atoms with Crippen molar-refractivity contribution in [2.24, 2.45) is 16.6 Å². The van der Waals surface area contributed by atoms with Crippen molar-refractivity contribution < 1.29 is 22.8 Å². The third kappa shape index (κ3) is 3.98. The molecule has 0 bridgehead atoms. The molecular weight excluding hydrogens is 265 g/mol. The van der Waals surface area contributed by atoms with Crippen LogP contribution < -0.4 is 16.9 Å². The molecule has 0 unspecified atom stereocenters. The third-order valence-electron chi connectivity index (χ3n) is 1.95. The number of benzene rings is 1. The van der Waals surface area contributed by atoms with Crippen LogP contribution in [0.5, 0.6) is 0 Å². The Balaban J connectivity index is 2.98. The summed E-state index contributed by atoms with van der Waals surface area (Å²) in [4.78, 5) is 21.5. The highest BCUT2D eigenvalue weighted by atomic mass is 19.4. The van der Waals surface area contributed by atoms with E-state index in [1.807, 2.05) is 0 Å². The normalized spacial score (nSPS) is 10.7. The predicted octanol–water partition coefficient (Wildman–Crippen LogP) is 0.444. The minimum atomic E-state index is -4.52. The monoisotopic (exact) mass is 274 g/mol. The molecule has 102 valence electrons. The Kier molecular flexibility index (Phi) is 4.10. The van der Waals surface area contributed by atoms with E-state index in [2.05, 4.69) is 10.5 Å². The van der Waals surface area contributed by atoms with Crippen LogP contribution in [0.1, 0.15) is 5.56 Å². The molecule has 0 atom stereocenters. The Hall–Kier alpha value is -2.58. The molecule has 0 radical (unpaired) electrons. The van der Waals surface area contributed by atoms with E-state index in [4.69, 9.17) is 11.5 Å². The maximum Gasteiger partial charge on any atom is 0.416 e. The quantitative estimate of drug-likeness (QED) is 0.421. The van der Waals surface area contributed by atoms with E-state index >= 15 is 0 Å². The van der Waals surface area contributed by atoms with E-state index in [9.17, 15) is 22.8 Å². The molecule has 0 heterocycles. The summed E-state index contributed by atoms with van der Waals surface area (Å²) in [6, 6.07) is 4.01. The number of primary amides is 2. The molecular formula is C10H9F3N4O2. The van der Waals surface area contributed by atoms with Gasteiger partial charge >= 0.3 is 6.18 Å². The predicted molar refractivity (Wildman–Crippen MR) is 60.9 cm³/mol. The number of hydrogen-bond acceptors (Lipinski definition) is 4. The first-order valence-corrected chi connectivity index (χ1v) is 4.82. The molecule has 0 aliphatic heterocycles. The molecule has 1 rings (SSSR count). The van der Waals surface area contributed by atoms with Crippen molar-refractivity contribution in [2.75, 3.05) is 5.43 Å². The summed E-state index contributed by atoms with van der Waals surface area (Å²) < 4.78 is 37.2. The number of nitrogens with one attached hydrogen (secondary N) is 1.